The fourth-order valence-electron chi connectivity index (χ4n) is 5.04. The Kier molecular flexibility index (Phi) is 5.93. The van der Waals surface area contributed by atoms with Gasteiger partial charge in [0.25, 0.3) is 11.8 Å². The topological polar surface area (TPSA) is 52.7 Å². The number of nitrogens with zero attached hydrogens (tertiary/aromatic N) is 2. The third-order valence-corrected chi connectivity index (χ3v) is 6.95. The van der Waals surface area contributed by atoms with Crippen LogP contribution in [0.4, 0.5) is 17.1 Å². The molecular formula is C30H31N3O2. The Balaban J connectivity index is 1.57. The largest absolute Gasteiger partial charge is 0.372 e. The molecule has 2 aliphatic rings. The van der Waals surface area contributed by atoms with E-state index in [1.165, 1.54) is 23.4 Å². The number of hydrogen-bond acceptors (Lipinski definition) is 4. The highest BCUT2D eigenvalue weighted by atomic mass is 16.2. The van der Waals surface area contributed by atoms with Crippen LogP contribution in [0.3, 0.4) is 0 Å². The standard InChI is InChI=1S/C30H31N3O2/c1-19-8-14-25(22(4)17-19)27-28(31-23-10-12-24(13-11-23)32-15-5-6-16-32)30(35)33(29(27)34)26-18-20(2)7-9-21(26)3/h7-14,17-18,31H,5-6,15-16H2,1-4H3. The van der Waals surface area contributed by atoms with Gasteiger partial charge in [-0.1, -0.05) is 35.9 Å². The molecule has 2 amide bonds. The maximum atomic E-state index is 13.8. The second-order valence-electron chi connectivity index (χ2n) is 9.67. The van der Waals surface area contributed by atoms with Crippen molar-refractivity contribution in [3.8, 4) is 0 Å². The monoisotopic (exact) mass is 465 g/mol. The van der Waals surface area contributed by atoms with Gasteiger partial charge in [-0.05, 0) is 93.1 Å². The van der Waals surface area contributed by atoms with E-state index in [2.05, 4.69) is 22.3 Å². The lowest BCUT2D eigenvalue weighted by atomic mass is 9.97. The molecule has 2 heterocycles. The SMILES string of the molecule is Cc1ccc(C2=C(Nc3ccc(N4CCCC4)cc3)C(=O)N(c3cc(C)ccc3C)C2=O)c(C)c1. The van der Waals surface area contributed by atoms with Crippen molar-refractivity contribution in [3.63, 3.8) is 0 Å². The average molecular weight is 466 g/mol. The number of hydrogen-bond donors (Lipinski definition) is 1. The number of aryl methyl sites for hydroxylation is 4. The lowest BCUT2D eigenvalue weighted by molar-refractivity contribution is -0.120. The second kappa shape index (κ2) is 9.06. The fraction of sp³-hybridized carbons (Fsp3) is 0.267. The fourth-order valence-corrected chi connectivity index (χ4v) is 5.04. The van der Waals surface area contributed by atoms with Crippen molar-refractivity contribution in [3.05, 3.63) is 94.2 Å². The van der Waals surface area contributed by atoms with E-state index in [-0.39, 0.29) is 11.8 Å². The summed E-state index contributed by atoms with van der Waals surface area (Å²) in [6.45, 7) is 10.0. The van der Waals surface area contributed by atoms with Crippen LogP contribution in [-0.2, 0) is 9.59 Å². The number of rotatable bonds is 5. The summed E-state index contributed by atoms with van der Waals surface area (Å²) in [5.41, 5.74) is 8.06. The van der Waals surface area contributed by atoms with Gasteiger partial charge < -0.3 is 10.2 Å². The van der Waals surface area contributed by atoms with Gasteiger partial charge in [0.15, 0.2) is 0 Å². The summed E-state index contributed by atoms with van der Waals surface area (Å²) >= 11 is 0. The van der Waals surface area contributed by atoms with Crippen LogP contribution >= 0.6 is 0 Å². The minimum Gasteiger partial charge on any atom is -0.372 e. The van der Waals surface area contributed by atoms with E-state index in [0.717, 1.165) is 46.6 Å². The summed E-state index contributed by atoms with van der Waals surface area (Å²) in [6, 6.07) is 19.9. The first kappa shape index (κ1) is 22.9. The first-order valence-corrected chi connectivity index (χ1v) is 12.2. The lowest BCUT2D eigenvalue weighted by Gasteiger charge is -2.19. The van der Waals surface area contributed by atoms with Crippen molar-refractivity contribution >= 4 is 34.4 Å². The lowest BCUT2D eigenvalue weighted by Crippen LogP contribution is -2.33. The third kappa shape index (κ3) is 4.23. The zero-order valence-corrected chi connectivity index (χ0v) is 20.8. The molecule has 0 atom stereocenters. The Hall–Kier alpha value is -3.86. The molecule has 1 fully saturated rings. The minimum atomic E-state index is -0.331. The quantitative estimate of drug-likeness (QED) is 0.476. The Bertz CT molecular complexity index is 1350. The number of carbonyl (C=O) groups is 2. The molecule has 0 aromatic heterocycles. The molecule has 3 aromatic carbocycles. The predicted molar refractivity (Wildman–Crippen MR) is 143 cm³/mol. The molecule has 5 nitrogen and oxygen atoms in total. The Morgan fingerprint density at radius 1 is 0.714 bits per heavy atom. The summed E-state index contributed by atoms with van der Waals surface area (Å²) in [7, 11) is 0. The Labute approximate surface area is 207 Å². The van der Waals surface area contributed by atoms with Gasteiger partial charge in [0, 0.05) is 24.5 Å². The highest BCUT2D eigenvalue weighted by molar-refractivity contribution is 6.46. The molecule has 3 aromatic rings. The summed E-state index contributed by atoms with van der Waals surface area (Å²) in [5, 5.41) is 3.31. The smallest absolute Gasteiger partial charge is 0.282 e. The van der Waals surface area contributed by atoms with Crippen LogP contribution in [0.15, 0.2) is 66.4 Å². The number of amides is 2. The van der Waals surface area contributed by atoms with Crippen LogP contribution in [0, 0.1) is 27.7 Å². The summed E-state index contributed by atoms with van der Waals surface area (Å²) < 4.78 is 0. The number of imide groups is 1. The van der Waals surface area contributed by atoms with E-state index in [4.69, 9.17) is 0 Å². The van der Waals surface area contributed by atoms with Crippen molar-refractivity contribution in [2.45, 2.75) is 40.5 Å². The minimum absolute atomic E-state index is 0.299. The first-order valence-electron chi connectivity index (χ1n) is 12.2. The summed E-state index contributed by atoms with van der Waals surface area (Å²) in [5.74, 6) is -0.630. The maximum Gasteiger partial charge on any atom is 0.282 e. The number of anilines is 3. The molecule has 0 unspecified atom stereocenters. The van der Waals surface area contributed by atoms with Crippen LogP contribution in [0.2, 0.25) is 0 Å². The van der Waals surface area contributed by atoms with Crippen molar-refractivity contribution in [1.29, 1.82) is 0 Å². The molecule has 0 aliphatic carbocycles. The summed E-state index contributed by atoms with van der Waals surface area (Å²) in [6.07, 6.45) is 2.44. The molecule has 2 aliphatic heterocycles. The van der Waals surface area contributed by atoms with Crippen LogP contribution < -0.4 is 15.1 Å². The molecule has 0 bridgehead atoms. The Morgan fingerprint density at radius 3 is 2.06 bits per heavy atom. The third-order valence-electron chi connectivity index (χ3n) is 6.95. The van der Waals surface area contributed by atoms with Gasteiger partial charge >= 0.3 is 0 Å². The van der Waals surface area contributed by atoms with E-state index < -0.39 is 0 Å². The van der Waals surface area contributed by atoms with Gasteiger partial charge in [0.1, 0.15) is 5.70 Å². The van der Waals surface area contributed by atoms with E-state index in [0.29, 0.717) is 17.0 Å². The van der Waals surface area contributed by atoms with Gasteiger partial charge in [-0.3, -0.25) is 9.59 Å². The van der Waals surface area contributed by atoms with E-state index in [1.807, 2.05) is 76.2 Å². The first-order chi connectivity index (χ1) is 16.8. The number of carbonyl (C=O) groups excluding carboxylic acids is 2. The van der Waals surface area contributed by atoms with E-state index in [1.54, 1.807) is 0 Å². The van der Waals surface area contributed by atoms with E-state index in [9.17, 15) is 9.59 Å². The molecule has 0 spiro atoms. The zero-order valence-electron chi connectivity index (χ0n) is 20.8. The van der Waals surface area contributed by atoms with Crippen molar-refractivity contribution in [1.82, 2.24) is 0 Å². The molecule has 0 radical (unpaired) electrons. The molecule has 5 heteroatoms. The highest BCUT2D eigenvalue weighted by Gasteiger charge is 2.41. The molecule has 35 heavy (non-hydrogen) atoms. The van der Waals surface area contributed by atoms with Gasteiger partial charge in [0.2, 0.25) is 0 Å². The van der Waals surface area contributed by atoms with Gasteiger partial charge in [-0.2, -0.15) is 0 Å². The molecular weight excluding hydrogens is 434 g/mol. The maximum absolute atomic E-state index is 13.8. The van der Waals surface area contributed by atoms with Crippen molar-refractivity contribution in [2.75, 3.05) is 28.2 Å². The average Bonchev–Trinajstić information content (AvgIpc) is 3.44. The molecule has 0 saturated carbocycles. The van der Waals surface area contributed by atoms with Crippen LogP contribution in [0.25, 0.3) is 5.57 Å². The van der Waals surface area contributed by atoms with Crippen molar-refractivity contribution in [2.24, 2.45) is 0 Å². The summed E-state index contributed by atoms with van der Waals surface area (Å²) in [4.78, 5) is 31.3. The second-order valence-corrected chi connectivity index (χ2v) is 9.67. The predicted octanol–water partition coefficient (Wildman–Crippen LogP) is 5.92. The van der Waals surface area contributed by atoms with Crippen LogP contribution in [0.5, 0.6) is 0 Å². The number of benzene rings is 3. The normalized spacial score (nSPS) is 16.0. The Morgan fingerprint density at radius 2 is 1.37 bits per heavy atom. The molecule has 1 N–H and O–H groups in total. The van der Waals surface area contributed by atoms with Gasteiger partial charge in [0.05, 0.1) is 11.3 Å². The molecule has 1 saturated heterocycles. The van der Waals surface area contributed by atoms with E-state index >= 15 is 0 Å². The van der Waals surface area contributed by atoms with Gasteiger partial charge in [-0.15, -0.1) is 0 Å². The zero-order chi connectivity index (χ0) is 24.7. The van der Waals surface area contributed by atoms with Crippen LogP contribution in [-0.4, -0.2) is 24.9 Å². The van der Waals surface area contributed by atoms with Crippen LogP contribution in [0.1, 0.15) is 40.7 Å². The molecule has 178 valence electrons. The van der Waals surface area contributed by atoms with Gasteiger partial charge in [-0.25, -0.2) is 4.90 Å². The highest BCUT2D eigenvalue weighted by Crippen LogP contribution is 2.37. The number of nitrogens with one attached hydrogen (secondary N) is 1. The molecule has 5 rings (SSSR count). The van der Waals surface area contributed by atoms with Crippen molar-refractivity contribution < 1.29 is 9.59 Å².